The molecule has 5 heteroatoms. The van der Waals surface area contributed by atoms with Gasteiger partial charge in [-0.25, -0.2) is 4.39 Å². The molecule has 1 heterocycles. The van der Waals surface area contributed by atoms with Gasteiger partial charge in [-0.05, 0) is 42.9 Å². The van der Waals surface area contributed by atoms with Gasteiger partial charge in [0.2, 0.25) is 0 Å². The number of rotatable bonds is 4. The van der Waals surface area contributed by atoms with Crippen molar-refractivity contribution in [2.75, 3.05) is 13.7 Å². The summed E-state index contributed by atoms with van der Waals surface area (Å²) in [7, 11) is 1.55. The van der Waals surface area contributed by atoms with E-state index in [4.69, 9.17) is 4.74 Å². The standard InChI is InChI=1S/C16H20FNO3/c1-21-14-6-5-12(17)7-11(14)9-18-8-10-3-2-4-13(10)15(18)16(19)20/h5-7,10,13,15H,2-4,8-9H2,1H3,(H,19,20). The number of methoxy groups -OCH3 is 1. The molecule has 3 atom stereocenters. The zero-order chi connectivity index (χ0) is 15.0. The lowest BCUT2D eigenvalue weighted by Gasteiger charge is -2.25. The van der Waals surface area contributed by atoms with Crippen LogP contribution in [-0.4, -0.2) is 35.7 Å². The van der Waals surface area contributed by atoms with E-state index < -0.39 is 12.0 Å². The van der Waals surface area contributed by atoms with Crippen molar-refractivity contribution < 1.29 is 19.0 Å². The van der Waals surface area contributed by atoms with Crippen molar-refractivity contribution in [1.82, 2.24) is 4.90 Å². The predicted octanol–water partition coefficient (Wildman–Crippen LogP) is 2.52. The van der Waals surface area contributed by atoms with Crippen LogP contribution in [0.15, 0.2) is 18.2 Å². The summed E-state index contributed by atoms with van der Waals surface area (Å²) in [4.78, 5) is 13.6. The third-order valence-corrected chi connectivity index (χ3v) is 4.85. The van der Waals surface area contributed by atoms with Gasteiger partial charge in [-0.15, -0.1) is 0 Å². The van der Waals surface area contributed by atoms with Crippen molar-refractivity contribution in [2.45, 2.75) is 31.8 Å². The molecule has 114 valence electrons. The summed E-state index contributed by atoms with van der Waals surface area (Å²) < 4.78 is 18.7. The molecular weight excluding hydrogens is 273 g/mol. The van der Waals surface area contributed by atoms with Crippen LogP contribution >= 0.6 is 0 Å². The first-order valence-electron chi connectivity index (χ1n) is 7.39. The quantitative estimate of drug-likeness (QED) is 0.926. The van der Waals surface area contributed by atoms with Crippen LogP contribution in [0.25, 0.3) is 0 Å². The highest BCUT2D eigenvalue weighted by Gasteiger charge is 2.47. The molecule has 2 fully saturated rings. The number of ether oxygens (including phenoxy) is 1. The van der Waals surface area contributed by atoms with Crippen molar-refractivity contribution in [3.63, 3.8) is 0 Å². The second kappa shape index (κ2) is 5.64. The summed E-state index contributed by atoms with van der Waals surface area (Å²) in [5.74, 6) is 0.224. The molecule has 21 heavy (non-hydrogen) atoms. The van der Waals surface area contributed by atoms with E-state index in [-0.39, 0.29) is 11.7 Å². The molecule has 1 aliphatic heterocycles. The van der Waals surface area contributed by atoms with Gasteiger partial charge < -0.3 is 9.84 Å². The van der Waals surface area contributed by atoms with Crippen molar-refractivity contribution >= 4 is 5.97 Å². The molecule has 1 aromatic rings. The van der Waals surface area contributed by atoms with E-state index in [1.54, 1.807) is 13.2 Å². The summed E-state index contributed by atoms with van der Waals surface area (Å²) in [6, 6.07) is 3.93. The summed E-state index contributed by atoms with van der Waals surface area (Å²) in [6.07, 6.45) is 3.21. The Hall–Kier alpha value is -1.62. The summed E-state index contributed by atoms with van der Waals surface area (Å²) in [6.45, 7) is 1.20. The Morgan fingerprint density at radius 1 is 1.48 bits per heavy atom. The van der Waals surface area contributed by atoms with Crippen LogP contribution in [0.3, 0.4) is 0 Å². The number of carbonyl (C=O) groups is 1. The maximum absolute atomic E-state index is 13.5. The monoisotopic (exact) mass is 293 g/mol. The predicted molar refractivity (Wildman–Crippen MR) is 75.6 cm³/mol. The molecule has 3 rings (SSSR count). The molecule has 1 saturated heterocycles. The molecule has 0 radical (unpaired) electrons. The van der Waals surface area contributed by atoms with Crippen LogP contribution in [-0.2, 0) is 11.3 Å². The number of benzene rings is 1. The van der Waals surface area contributed by atoms with Gasteiger partial charge >= 0.3 is 5.97 Å². The Labute approximate surface area is 123 Å². The lowest BCUT2D eigenvalue weighted by Crippen LogP contribution is -2.39. The molecule has 3 unspecified atom stereocenters. The fraction of sp³-hybridized carbons (Fsp3) is 0.562. The third-order valence-electron chi connectivity index (χ3n) is 4.85. The third kappa shape index (κ3) is 2.62. The number of halogens is 1. The molecule has 1 aliphatic carbocycles. The van der Waals surface area contributed by atoms with E-state index >= 15 is 0 Å². The number of carboxylic acids is 1. The first-order valence-corrected chi connectivity index (χ1v) is 7.39. The van der Waals surface area contributed by atoms with Gasteiger partial charge in [-0.2, -0.15) is 0 Å². The first kappa shape index (κ1) is 14.3. The lowest BCUT2D eigenvalue weighted by atomic mass is 9.94. The average Bonchev–Trinajstić information content (AvgIpc) is 2.98. The van der Waals surface area contributed by atoms with E-state index in [0.717, 1.165) is 25.8 Å². The number of hydrogen-bond donors (Lipinski definition) is 1. The fourth-order valence-corrected chi connectivity index (χ4v) is 3.99. The van der Waals surface area contributed by atoms with Gasteiger partial charge in [-0.1, -0.05) is 6.42 Å². The van der Waals surface area contributed by atoms with Crippen LogP contribution in [0.2, 0.25) is 0 Å². The molecule has 2 aliphatic rings. The van der Waals surface area contributed by atoms with E-state index in [1.807, 2.05) is 4.90 Å². The zero-order valence-electron chi connectivity index (χ0n) is 12.1. The maximum Gasteiger partial charge on any atom is 0.321 e. The maximum atomic E-state index is 13.5. The van der Waals surface area contributed by atoms with Crippen molar-refractivity contribution in [3.8, 4) is 5.75 Å². The number of fused-ring (bicyclic) bond motifs is 1. The number of carboxylic acid groups (broad SMARTS) is 1. The van der Waals surface area contributed by atoms with Crippen LogP contribution in [0.4, 0.5) is 4.39 Å². The molecule has 0 spiro atoms. The Bertz CT molecular complexity index is 548. The molecule has 0 aromatic heterocycles. The van der Waals surface area contributed by atoms with Gasteiger partial charge in [0, 0.05) is 18.7 Å². The van der Waals surface area contributed by atoms with E-state index in [9.17, 15) is 14.3 Å². The highest BCUT2D eigenvalue weighted by molar-refractivity contribution is 5.74. The van der Waals surface area contributed by atoms with E-state index in [1.165, 1.54) is 12.1 Å². The highest BCUT2D eigenvalue weighted by atomic mass is 19.1. The highest BCUT2D eigenvalue weighted by Crippen LogP contribution is 2.43. The minimum absolute atomic E-state index is 0.238. The molecular formula is C16H20FNO3. The molecule has 0 bridgehead atoms. The molecule has 1 aromatic carbocycles. The SMILES string of the molecule is COc1ccc(F)cc1CN1CC2CCCC2C1C(=O)O. The number of aliphatic carboxylic acids is 1. The first-order chi connectivity index (χ1) is 10.1. The normalized spacial score (nSPS) is 28.6. The zero-order valence-corrected chi connectivity index (χ0v) is 12.1. The minimum atomic E-state index is -0.764. The van der Waals surface area contributed by atoms with Crippen molar-refractivity contribution in [3.05, 3.63) is 29.6 Å². The Kier molecular flexibility index (Phi) is 3.85. The van der Waals surface area contributed by atoms with Crippen molar-refractivity contribution in [1.29, 1.82) is 0 Å². The lowest BCUT2D eigenvalue weighted by molar-refractivity contribution is -0.143. The van der Waals surface area contributed by atoms with Gasteiger partial charge in [0.15, 0.2) is 0 Å². The summed E-state index contributed by atoms with van der Waals surface area (Å²) >= 11 is 0. The van der Waals surface area contributed by atoms with E-state index in [2.05, 4.69) is 0 Å². The minimum Gasteiger partial charge on any atom is -0.496 e. The second-order valence-electron chi connectivity index (χ2n) is 6.02. The van der Waals surface area contributed by atoms with E-state index in [0.29, 0.717) is 23.8 Å². The Balaban J connectivity index is 1.84. The number of likely N-dealkylation sites (tertiary alicyclic amines) is 1. The van der Waals surface area contributed by atoms with Gasteiger partial charge in [-0.3, -0.25) is 9.69 Å². The fourth-order valence-electron chi connectivity index (χ4n) is 3.99. The smallest absolute Gasteiger partial charge is 0.321 e. The second-order valence-corrected chi connectivity index (χ2v) is 6.02. The molecule has 4 nitrogen and oxygen atoms in total. The largest absolute Gasteiger partial charge is 0.496 e. The molecule has 1 saturated carbocycles. The van der Waals surface area contributed by atoms with Gasteiger partial charge in [0.1, 0.15) is 17.6 Å². The van der Waals surface area contributed by atoms with Crippen LogP contribution in [0, 0.1) is 17.7 Å². The van der Waals surface area contributed by atoms with Crippen LogP contribution < -0.4 is 4.74 Å². The van der Waals surface area contributed by atoms with Crippen LogP contribution in [0.1, 0.15) is 24.8 Å². The number of hydrogen-bond acceptors (Lipinski definition) is 3. The van der Waals surface area contributed by atoms with Gasteiger partial charge in [0.05, 0.1) is 7.11 Å². The van der Waals surface area contributed by atoms with Crippen LogP contribution in [0.5, 0.6) is 5.75 Å². The average molecular weight is 293 g/mol. The topological polar surface area (TPSA) is 49.8 Å². The van der Waals surface area contributed by atoms with Crippen molar-refractivity contribution in [2.24, 2.45) is 11.8 Å². The number of nitrogens with zero attached hydrogens (tertiary/aromatic N) is 1. The van der Waals surface area contributed by atoms with Gasteiger partial charge in [0.25, 0.3) is 0 Å². The summed E-state index contributed by atoms with van der Waals surface area (Å²) in [5.41, 5.74) is 0.712. The Morgan fingerprint density at radius 2 is 2.29 bits per heavy atom. The Morgan fingerprint density at radius 3 is 3.00 bits per heavy atom. The molecule has 0 amide bonds. The molecule has 1 N–H and O–H groups in total. The summed E-state index contributed by atoms with van der Waals surface area (Å²) in [5, 5.41) is 9.54.